The van der Waals surface area contributed by atoms with Crippen LogP contribution in [0.25, 0.3) is 0 Å². The quantitative estimate of drug-likeness (QED) is 0.460. The van der Waals surface area contributed by atoms with Gasteiger partial charge in [0.25, 0.3) is 0 Å². The van der Waals surface area contributed by atoms with Crippen LogP contribution < -0.4 is 0 Å². The molecule has 0 aromatic carbocycles. The first-order valence-corrected chi connectivity index (χ1v) is 8.24. The summed E-state index contributed by atoms with van der Waals surface area (Å²) in [4.78, 5) is 46.3. The Balaban J connectivity index is 2.58. The van der Waals surface area contributed by atoms with Crippen LogP contribution in [0.5, 0.6) is 0 Å². The fourth-order valence-corrected chi connectivity index (χ4v) is 6.41. The second-order valence-corrected chi connectivity index (χ2v) is 8.72. The van der Waals surface area contributed by atoms with E-state index in [0.29, 0.717) is 0 Å². The lowest BCUT2D eigenvalue weighted by atomic mass is 9.40. The maximum absolute atomic E-state index is 11.8. The van der Waals surface area contributed by atoms with Crippen molar-refractivity contribution in [1.82, 2.24) is 0 Å². The van der Waals surface area contributed by atoms with Gasteiger partial charge in [-0.05, 0) is 18.8 Å². The molecule has 0 aliphatic heterocycles. The third kappa shape index (κ3) is 1.93. The summed E-state index contributed by atoms with van der Waals surface area (Å²) in [5.41, 5.74) is -1.23. The molecule has 0 heterocycles. The van der Waals surface area contributed by atoms with Crippen LogP contribution in [0.4, 0.5) is 0 Å². The number of halogens is 2. The number of rotatable bonds is 4. The summed E-state index contributed by atoms with van der Waals surface area (Å²) in [7, 11) is 0. The number of hydrogen-bond donors (Lipinski definition) is 4. The molecule has 8 nitrogen and oxygen atoms in total. The molecule has 2 rings (SSSR count). The molecule has 2 saturated carbocycles. The number of carbonyl (C=O) groups is 4. The molecule has 6 atom stereocenters. The van der Waals surface area contributed by atoms with E-state index < -0.39 is 55.7 Å². The molecule has 10 heteroatoms. The molecule has 0 saturated heterocycles. The molecule has 2 fully saturated rings. The van der Waals surface area contributed by atoms with E-state index in [1.54, 1.807) is 0 Å². The molecular weight excluding hydrogens is 444 g/mol. The van der Waals surface area contributed by atoms with Gasteiger partial charge in [0.2, 0.25) is 0 Å². The summed E-state index contributed by atoms with van der Waals surface area (Å²) < 4.78 is -3.86. The fraction of sp³-hybridized carbons (Fsp3) is 0.692. The zero-order valence-corrected chi connectivity index (χ0v) is 15.0. The fourth-order valence-electron chi connectivity index (χ4n) is 4.21. The first kappa shape index (κ1) is 18.2. The Kier molecular flexibility index (Phi) is 4.09. The third-order valence-electron chi connectivity index (χ3n) is 5.40. The molecule has 0 aromatic heterocycles. The maximum Gasteiger partial charge on any atom is 0.323 e. The lowest BCUT2D eigenvalue weighted by molar-refractivity contribution is -0.192. The molecule has 23 heavy (non-hydrogen) atoms. The van der Waals surface area contributed by atoms with Crippen molar-refractivity contribution >= 4 is 55.7 Å². The van der Waals surface area contributed by atoms with E-state index in [1.807, 2.05) is 0 Å². The highest BCUT2D eigenvalue weighted by molar-refractivity contribution is 9.13. The van der Waals surface area contributed by atoms with Crippen LogP contribution >= 0.6 is 31.9 Å². The van der Waals surface area contributed by atoms with E-state index in [2.05, 4.69) is 31.9 Å². The standard InChI is InChI=1S/C13H14Br2O8/c1-11-3-5(8(18)19)4(7(16)17)2-6(11)12(14,9(20)21)13(11,15)10(22)23/h4-6H,2-3H2,1H3,(H,16,17)(H,18,19)(H,20,21)(H,22,23). The number of fused-ring (bicyclic) bond motifs is 1. The van der Waals surface area contributed by atoms with Crippen molar-refractivity contribution < 1.29 is 39.6 Å². The molecule has 0 aromatic rings. The third-order valence-corrected chi connectivity index (χ3v) is 9.29. The van der Waals surface area contributed by atoms with Crippen molar-refractivity contribution in [2.24, 2.45) is 23.2 Å². The monoisotopic (exact) mass is 456 g/mol. The summed E-state index contributed by atoms with van der Waals surface area (Å²) in [6.45, 7) is 1.48. The van der Waals surface area contributed by atoms with E-state index in [4.69, 9.17) is 0 Å². The predicted octanol–water partition coefficient (Wildman–Crippen LogP) is 1.25. The summed E-state index contributed by atoms with van der Waals surface area (Å²) >= 11 is 6.02. The minimum Gasteiger partial charge on any atom is -0.481 e. The Hall–Kier alpha value is -1.16. The van der Waals surface area contributed by atoms with Gasteiger partial charge in [0, 0.05) is 5.41 Å². The van der Waals surface area contributed by atoms with Gasteiger partial charge in [0.15, 0.2) is 8.65 Å². The van der Waals surface area contributed by atoms with Crippen LogP contribution in [-0.2, 0) is 19.2 Å². The van der Waals surface area contributed by atoms with Gasteiger partial charge >= 0.3 is 23.9 Å². The van der Waals surface area contributed by atoms with Crippen LogP contribution in [0.1, 0.15) is 19.8 Å². The Morgan fingerprint density at radius 1 is 0.913 bits per heavy atom. The van der Waals surface area contributed by atoms with Gasteiger partial charge in [0.05, 0.1) is 11.8 Å². The molecular formula is C13H14Br2O8. The van der Waals surface area contributed by atoms with E-state index in [9.17, 15) is 39.6 Å². The first-order chi connectivity index (χ1) is 10.4. The number of alkyl halides is 2. The average Bonchev–Trinajstić information content (AvgIpc) is 2.43. The number of carboxylic acids is 4. The molecule has 0 radical (unpaired) electrons. The summed E-state index contributed by atoms with van der Waals surface area (Å²) in [6, 6.07) is 0. The highest BCUT2D eigenvalue weighted by Crippen LogP contribution is 2.75. The van der Waals surface area contributed by atoms with Crippen LogP contribution in [0.3, 0.4) is 0 Å². The van der Waals surface area contributed by atoms with Gasteiger partial charge in [-0.2, -0.15) is 0 Å². The van der Waals surface area contributed by atoms with E-state index in [0.717, 1.165) is 0 Å². The molecule has 128 valence electrons. The number of aliphatic carboxylic acids is 4. The molecule has 2 aliphatic carbocycles. The van der Waals surface area contributed by atoms with Gasteiger partial charge in [-0.25, -0.2) is 0 Å². The Labute approximate surface area is 147 Å². The Morgan fingerprint density at radius 3 is 1.74 bits per heavy atom. The first-order valence-electron chi connectivity index (χ1n) is 6.66. The van der Waals surface area contributed by atoms with Crippen molar-refractivity contribution in [3.63, 3.8) is 0 Å². The molecule has 4 N–H and O–H groups in total. The molecule has 0 amide bonds. The largest absolute Gasteiger partial charge is 0.481 e. The normalized spacial score (nSPS) is 45.4. The van der Waals surface area contributed by atoms with Gasteiger partial charge in [-0.15, -0.1) is 0 Å². The highest BCUT2D eigenvalue weighted by Gasteiger charge is 2.85. The van der Waals surface area contributed by atoms with E-state index in [1.165, 1.54) is 6.92 Å². The number of hydrogen-bond acceptors (Lipinski definition) is 4. The Bertz CT molecular complexity index is 621. The summed E-state index contributed by atoms with van der Waals surface area (Å²) in [5.74, 6) is -8.93. The van der Waals surface area contributed by atoms with Gasteiger partial charge in [-0.3, -0.25) is 19.2 Å². The van der Waals surface area contributed by atoms with Crippen molar-refractivity contribution in [2.75, 3.05) is 0 Å². The second-order valence-electron chi connectivity index (χ2n) is 6.28. The SMILES string of the molecule is CC12CC(C(=O)O)C(C(=O)O)CC1C(Br)(C(=O)O)C2(Br)C(=O)O. The van der Waals surface area contributed by atoms with Crippen molar-refractivity contribution in [3.8, 4) is 0 Å². The minimum atomic E-state index is -1.94. The van der Waals surface area contributed by atoms with Gasteiger partial charge in [-0.1, -0.05) is 38.8 Å². The lowest BCUT2D eigenvalue weighted by Crippen LogP contribution is -2.82. The maximum atomic E-state index is 11.8. The van der Waals surface area contributed by atoms with Crippen LogP contribution in [0.2, 0.25) is 0 Å². The van der Waals surface area contributed by atoms with Crippen molar-refractivity contribution in [3.05, 3.63) is 0 Å². The number of carboxylic acid groups (broad SMARTS) is 4. The van der Waals surface area contributed by atoms with Crippen LogP contribution in [0.15, 0.2) is 0 Å². The smallest absolute Gasteiger partial charge is 0.323 e. The molecule has 0 spiro atoms. The van der Waals surface area contributed by atoms with Gasteiger partial charge < -0.3 is 20.4 Å². The topological polar surface area (TPSA) is 149 Å². The van der Waals surface area contributed by atoms with Crippen molar-refractivity contribution in [1.29, 1.82) is 0 Å². The average molecular weight is 458 g/mol. The molecule has 2 aliphatic rings. The predicted molar refractivity (Wildman–Crippen MR) is 81.7 cm³/mol. The molecule has 0 bridgehead atoms. The summed E-state index contributed by atoms with van der Waals surface area (Å²) in [5, 5.41) is 37.7. The van der Waals surface area contributed by atoms with E-state index in [-0.39, 0.29) is 12.8 Å². The Morgan fingerprint density at radius 2 is 1.39 bits per heavy atom. The highest BCUT2D eigenvalue weighted by atomic mass is 79.9. The van der Waals surface area contributed by atoms with E-state index >= 15 is 0 Å². The summed E-state index contributed by atoms with van der Waals surface area (Å²) in [6.07, 6.45) is -0.483. The van der Waals surface area contributed by atoms with Gasteiger partial charge in [0.1, 0.15) is 0 Å². The van der Waals surface area contributed by atoms with Crippen molar-refractivity contribution in [2.45, 2.75) is 28.4 Å². The second kappa shape index (κ2) is 5.17. The molecule has 6 unspecified atom stereocenters. The van der Waals surface area contributed by atoms with Crippen LogP contribution in [0, 0.1) is 23.2 Å². The lowest BCUT2D eigenvalue weighted by Gasteiger charge is -2.69. The zero-order chi connectivity index (χ0) is 18.0. The van der Waals surface area contributed by atoms with Crippen LogP contribution in [-0.4, -0.2) is 53.0 Å². The zero-order valence-electron chi connectivity index (χ0n) is 11.8. The minimum absolute atomic E-state index is 0.235.